The monoisotopic (exact) mass is 254 g/mol. The fourth-order valence-electron chi connectivity index (χ4n) is 3.12. The Kier molecular flexibility index (Phi) is 4.07. The Morgan fingerprint density at radius 1 is 1.39 bits per heavy atom. The highest BCUT2D eigenvalue weighted by Gasteiger charge is 2.52. The summed E-state index contributed by atoms with van der Waals surface area (Å²) in [4.78, 5) is 12.3. The molecule has 0 amide bonds. The van der Waals surface area contributed by atoms with Crippen molar-refractivity contribution in [3.8, 4) is 0 Å². The molecule has 2 fully saturated rings. The molecular formula is C14H22O4. The lowest BCUT2D eigenvalue weighted by Crippen LogP contribution is -2.46. The van der Waals surface area contributed by atoms with Crippen molar-refractivity contribution in [1.82, 2.24) is 0 Å². The van der Waals surface area contributed by atoms with Crippen molar-refractivity contribution in [1.29, 1.82) is 0 Å². The lowest BCUT2D eigenvalue weighted by Gasteiger charge is -2.42. The molecule has 0 bridgehead atoms. The second-order valence-electron chi connectivity index (χ2n) is 5.13. The third-order valence-electron chi connectivity index (χ3n) is 3.88. The van der Waals surface area contributed by atoms with Gasteiger partial charge in [-0.25, -0.2) is 0 Å². The zero-order valence-electron chi connectivity index (χ0n) is 11.1. The smallest absolute Gasteiger partial charge is 0.312 e. The Labute approximate surface area is 108 Å². The van der Waals surface area contributed by atoms with Crippen molar-refractivity contribution in [2.24, 2.45) is 5.41 Å². The van der Waals surface area contributed by atoms with Gasteiger partial charge in [-0.2, -0.15) is 0 Å². The summed E-state index contributed by atoms with van der Waals surface area (Å²) in [6, 6.07) is 0. The van der Waals surface area contributed by atoms with Crippen molar-refractivity contribution >= 4 is 5.97 Å². The van der Waals surface area contributed by atoms with Gasteiger partial charge in [-0.05, 0) is 26.2 Å². The van der Waals surface area contributed by atoms with E-state index in [9.17, 15) is 4.79 Å². The van der Waals surface area contributed by atoms with Crippen LogP contribution in [0.1, 0.15) is 39.0 Å². The van der Waals surface area contributed by atoms with E-state index in [0.717, 1.165) is 19.3 Å². The van der Waals surface area contributed by atoms with Gasteiger partial charge >= 0.3 is 5.97 Å². The Balaban J connectivity index is 2.18. The number of allylic oxidation sites excluding steroid dienone is 1. The van der Waals surface area contributed by atoms with Crippen molar-refractivity contribution < 1.29 is 19.0 Å². The van der Waals surface area contributed by atoms with Crippen LogP contribution in [0.5, 0.6) is 0 Å². The molecule has 0 aromatic carbocycles. The molecule has 0 aromatic rings. The van der Waals surface area contributed by atoms with Crippen LogP contribution in [0.3, 0.4) is 0 Å². The highest BCUT2D eigenvalue weighted by molar-refractivity contribution is 5.77. The summed E-state index contributed by atoms with van der Waals surface area (Å²) in [6.07, 6.45) is 5.63. The van der Waals surface area contributed by atoms with Crippen LogP contribution >= 0.6 is 0 Å². The predicted octanol–water partition coefficient (Wildman–Crippen LogP) is 2.43. The Morgan fingerprint density at radius 2 is 2.11 bits per heavy atom. The van der Waals surface area contributed by atoms with Gasteiger partial charge in [0.05, 0.1) is 25.2 Å². The van der Waals surface area contributed by atoms with E-state index in [2.05, 4.69) is 6.58 Å². The molecule has 18 heavy (non-hydrogen) atoms. The molecule has 2 aliphatic rings. The largest absolute Gasteiger partial charge is 0.466 e. The molecule has 4 nitrogen and oxygen atoms in total. The second kappa shape index (κ2) is 5.41. The van der Waals surface area contributed by atoms with Crippen LogP contribution in [0.2, 0.25) is 0 Å². The number of ether oxygens (including phenoxy) is 3. The van der Waals surface area contributed by atoms with Crippen molar-refractivity contribution in [3.63, 3.8) is 0 Å². The molecule has 1 spiro atoms. The third-order valence-corrected chi connectivity index (χ3v) is 3.88. The quantitative estimate of drug-likeness (QED) is 0.571. The van der Waals surface area contributed by atoms with E-state index in [4.69, 9.17) is 14.2 Å². The molecule has 1 unspecified atom stereocenters. The lowest BCUT2D eigenvalue weighted by molar-refractivity contribution is -0.211. The maximum atomic E-state index is 12.3. The first-order chi connectivity index (χ1) is 8.66. The van der Waals surface area contributed by atoms with E-state index >= 15 is 0 Å². The van der Waals surface area contributed by atoms with Gasteiger partial charge in [0.15, 0.2) is 5.79 Å². The Bertz CT molecular complexity index is 320. The van der Waals surface area contributed by atoms with Crippen molar-refractivity contribution in [2.75, 3.05) is 19.8 Å². The molecule has 0 N–H and O–H groups in total. The first kappa shape index (κ1) is 13.6. The molecule has 0 aromatic heterocycles. The molecule has 1 atom stereocenters. The predicted molar refractivity (Wildman–Crippen MR) is 67.0 cm³/mol. The summed E-state index contributed by atoms with van der Waals surface area (Å²) >= 11 is 0. The summed E-state index contributed by atoms with van der Waals surface area (Å²) < 4.78 is 16.7. The SMILES string of the molecule is C=CCC1(C(=O)OCC)CCCC2(C1)OCCO2. The number of hydrogen-bond donors (Lipinski definition) is 0. The highest BCUT2D eigenvalue weighted by atomic mass is 16.7. The topological polar surface area (TPSA) is 44.8 Å². The van der Waals surface area contributed by atoms with Crippen LogP contribution < -0.4 is 0 Å². The molecule has 1 saturated heterocycles. The number of rotatable bonds is 4. The fourth-order valence-corrected chi connectivity index (χ4v) is 3.12. The fraction of sp³-hybridized carbons (Fsp3) is 0.786. The summed E-state index contributed by atoms with van der Waals surface area (Å²) in [5, 5.41) is 0. The van der Waals surface area contributed by atoms with Crippen LogP contribution in [-0.4, -0.2) is 31.6 Å². The lowest BCUT2D eigenvalue weighted by atomic mass is 9.69. The van der Waals surface area contributed by atoms with Gasteiger partial charge in [0.25, 0.3) is 0 Å². The molecule has 4 heteroatoms. The average Bonchev–Trinajstić information content (AvgIpc) is 2.78. The van der Waals surface area contributed by atoms with Gasteiger partial charge in [-0.3, -0.25) is 4.79 Å². The first-order valence-electron chi connectivity index (χ1n) is 6.72. The van der Waals surface area contributed by atoms with E-state index in [-0.39, 0.29) is 5.97 Å². The van der Waals surface area contributed by atoms with Gasteiger partial charge in [-0.1, -0.05) is 6.08 Å². The van der Waals surface area contributed by atoms with Crippen LogP contribution in [0.4, 0.5) is 0 Å². The molecule has 102 valence electrons. The summed E-state index contributed by atoms with van der Waals surface area (Å²) in [5.41, 5.74) is -0.514. The van der Waals surface area contributed by atoms with Crippen molar-refractivity contribution in [3.05, 3.63) is 12.7 Å². The van der Waals surface area contributed by atoms with Gasteiger partial charge < -0.3 is 14.2 Å². The van der Waals surface area contributed by atoms with Crippen molar-refractivity contribution in [2.45, 2.75) is 44.8 Å². The van der Waals surface area contributed by atoms with Crippen LogP contribution in [0.15, 0.2) is 12.7 Å². The third kappa shape index (κ3) is 2.45. The van der Waals surface area contributed by atoms with Gasteiger partial charge in [0.1, 0.15) is 0 Å². The standard InChI is InChI=1S/C14H22O4/c1-3-6-13(12(15)16-4-2)7-5-8-14(11-13)17-9-10-18-14/h3H,1,4-11H2,2H3. The zero-order valence-corrected chi connectivity index (χ0v) is 11.1. The molecule has 1 saturated carbocycles. The molecule has 2 rings (SSSR count). The summed E-state index contributed by atoms with van der Waals surface area (Å²) in [7, 11) is 0. The zero-order chi connectivity index (χ0) is 13.1. The minimum absolute atomic E-state index is 0.136. The van der Waals surface area contributed by atoms with E-state index in [1.54, 1.807) is 6.08 Å². The van der Waals surface area contributed by atoms with E-state index in [1.807, 2.05) is 6.92 Å². The highest BCUT2D eigenvalue weighted by Crippen LogP contribution is 2.48. The van der Waals surface area contributed by atoms with Gasteiger partial charge in [0, 0.05) is 12.8 Å². The maximum absolute atomic E-state index is 12.3. The van der Waals surface area contributed by atoms with E-state index in [0.29, 0.717) is 32.7 Å². The number of hydrogen-bond acceptors (Lipinski definition) is 4. The first-order valence-corrected chi connectivity index (χ1v) is 6.72. The molecule has 1 heterocycles. The average molecular weight is 254 g/mol. The molecular weight excluding hydrogens is 232 g/mol. The maximum Gasteiger partial charge on any atom is 0.312 e. The second-order valence-corrected chi connectivity index (χ2v) is 5.13. The van der Waals surface area contributed by atoms with Crippen LogP contribution in [-0.2, 0) is 19.0 Å². The van der Waals surface area contributed by atoms with Crippen LogP contribution in [0, 0.1) is 5.41 Å². The number of carbonyl (C=O) groups is 1. The van der Waals surface area contributed by atoms with Gasteiger partial charge in [0.2, 0.25) is 0 Å². The Hall–Kier alpha value is -0.870. The summed E-state index contributed by atoms with van der Waals surface area (Å²) in [5.74, 6) is -0.698. The normalized spacial score (nSPS) is 30.3. The number of carbonyl (C=O) groups excluding carboxylic acids is 1. The minimum Gasteiger partial charge on any atom is -0.466 e. The summed E-state index contributed by atoms with van der Waals surface area (Å²) in [6.45, 7) is 7.25. The van der Waals surface area contributed by atoms with E-state index < -0.39 is 11.2 Å². The molecule has 1 aliphatic heterocycles. The number of esters is 1. The van der Waals surface area contributed by atoms with Crippen LogP contribution in [0.25, 0.3) is 0 Å². The minimum atomic E-state index is -0.561. The molecule has 1 aliphatic carbocycles. The van der Waals surface area contributed by atoms with Gasteiger partial charge in [-0.15, -0.1) is 6.58 Å². The van der Waals surface area contributed by atoms with E-state index in [1.165, 1.54) is 0 Å². The molecule has 0 radical (unpaired) electrons. The Morgan fingerprint density at radius 3 is 2.72 bits per heavy atom.